The summed E-state index contributed by atoms with van der Waals surface area (Å²) in [6, 6.07) is 18.9. The molecule has 47 heavy (non-hydrogen) atoms. The second-order valence-electron chi connectivity index (χ2n) is 12.3. The Morgan fingerprint density at radius 2 is 1.68 bits per heavy atom. The zero-order chi connectivity index (χ0) is 34.1. The largest absolute Gasteiger partial charge is 0.444 e. The molecule has 0 aliphatic carbocycles. The van der Waals surface area contributed by atoms with Crippen LogP contribution in [-0.2, 0) is 15.7 Å². The summed E-state index contributed by atoms with van der Waals surface area (Å²) in [4.78, 5) is 41.9. The molecule has 3 atom stereocenters. The standard InChI is InChI=1S/C35H36F3N5O4/c1-6-42-31-27(20-39-43(31)26-16-8-7-9-17-26)28(23-13-10-12-22(18-23)21(2)40-33(46)47-34(3,4)5)29(32(42)45)41-30(44)24-14-11-15-25(19-24)35(36,37)38/h7-21,28-29H,6H2,1-5H3,(H,40,46)(H,41,44)/t21-,28?,29?/m0/s1. The number of para-hydroxylation sites is 1. The van der Waals surface area contributed by atoms with E-state index >= 15 is 0 Å². The van der Waals surface area contributed by atoms with Crippen molar-refractivity contribution < 1.29 is 32.3 Å². The number of anilines is 1. The first-order valence-electron chi connectivity index (χ1n) is 15.2. The average Bonchev–Trinajstić information content (AvgIpc) is 3.45. The van der Waals surface area contributed by atoms with E-state index in [1.54, 1.807) is 57.6 Å². The van der Waals surface area contributed by atoms with Gasteiger partial charge in [0.2, 0.25) is 0 Å². The zero-order valence-electron chi connectivity index (χ0n) is 26.6. The van der Waals surface area contributed by atoms with E-state index in [9.17, 15) is 27.6 Å². The lowest BCUT2D eigenvalue weighted by atomic mass is 9.81. The van der Waals surface area contributed by atoms with Crippen LogP contribution in [0.2, 0.25) is 0 Å². The molecule has 1 aliphatic heterocycles. The van der Waals surface area contributed by atoms with Crippen LogP contribution in [0.15, 0.2) is 85.1 Å². The van der Waals surface area contributed by atoms with Gasteiger partial charge >= 0.3 is 12.3 Å². The molecule has 12 heteroatoms. The van der Waals surface area contributed by atoms with Crippen molar-refractivity contribution in [3.63, 3.8) is 0 Å². The monoisotopic (exact) mass is 647 g/mol. The van der Waals surface area contributed by atoms with Gasteiger partial charge in [-0.1, -0.05) is 48.5 Å². The SMILES string of the molecule is CCN1C(=O)C(NC(=O)c2cccc(C(F)(F)F)c2)C(c2cccc([C@H](C)NC(=O)OC(C)(C)C)c2)c2cnn(-c3ccccc3)c21. The second kappa shape index (κ2) is 12.9. The van der Waals surface area contributed by atoms with Gasteiger partial charge in [-0.25, -0.2) is 9.48 Å². The van der Waals surface area contributed by atoms with E-state index in [0.717, 1.165) is 18.2 Å². The van der Waals surface area contributed by atoms with Gasteiger partial charge in [0.05, 0.1) is 23.5 Å². The number of halogens is 3. The van der Waals surface area contributed by atoms with Crippen molar-refractivity contribution in [3.05, 3.63) is 113 Å². The Morgan fingerprint density at radius 3 is 2.34 bits per heavy atom. The van der Waals surface area contributed by atoms with Crippen LogP contribution < -0.4 is 15.5 Å². The first-order chi connectivity index (χ1) is 22.2. The van der Waals surface area contributed by atoms with Crippen LogP contribution in [0, 0.1) is 0 Å². The topological polar surface area (TPSA) is 106 Å². The first-order valence-corrected chi connectivity index (χ1v) is 15.2. The predicted octanol–water partition coefficient (Wildman–Crippen LogP) is 6.77. The maximum Gasteiger partial charge on any atom is 0.416 e. The fourth-order valence-electron chi connectivity index (χ4n) is 5.67. The number of carbonyl (C=O) groups is 3. The minimum Gasteiger partial charge on any atom is -0.444 e. The van der Waals surface area contributed by atoms with Crippen molar-refractivity contribution in [3.8, 4) is 5.69 Å². The molecule has 2 N–H and O–H groups in total. The summed E-state index contributed by atoms with van der Waals surface area (Å²) in [5.41, 5.74) is 0.788. The molecule has 1 aromatic heterocycles. The molecular weight excluding hydrogens is 611 g/mol. The Morgan fingerprint density at radius 1 is 0.979 bits per heavy atom. The molecule has 0 fully saturated rings. The van der Waals surface area contributed by atoms with Gasteiger partial charge in [-0.05, 0) is 76.1 Å². The van der Waals surface area contributed by atoms with Crippen LogP contribution in [0.25, 0.3) is 5.69 Å². The molecule has 9 nitrogen and oxygen atoms in total. The van der Waals surface area contributed by atoms with Gasteiger partial charge in [0.25, 0.3) is 11.8 Å². The van der Waals surface area contributed by atoms with Crippen LogP contribution in [0.4, 0.5) is 23.8 Å². The summed E-state index contributed by atoms with van der Waals surface area (Å²) >= 11 is 0. The molecule has 3 aromatic carbocycles. The quantitative estimate of drug-likeness (QED) is 0.230. The highest BCUT2D eigenvalue weighted by molar-refractivity contribution is 6.05. The summed E-state index contributed by atoms with van der Waals surface area (Å²) in [5, 5.41) is 10.2. The molecule has 246 valence electrons. The number of likely N-dealkylation sites (N-methyl/N-ethyl adjacent to an activating group) is 1. The van der Waals surface area contributed by atoms with Crippen LogP contribution >= 0.6 is 0 Å². The lowest BCUT2D eigenvalue weighted by Crippen LogP contribution is -2.55. The molecule has 1 aliphatic rings. The van der Waals surface area contributed by atoms with Crippen LogP contribution in [0.1, 0.15) is 79.2 Å². The Balaban J connectivity index is 1.59. The molecule has 0 radical (unpaired) electrons. The van der Waals surface area contributed by atoms with Crippen LogP contribution in [0.5, 0.6) is 0 Å². The van der Waals surface area contributed by atoms with Crippen molar-refractivity contribution in [1.29, 1.82) is 0 Å². The molecule has 0 saturated carbocycles. The Labute approximate surface area is 270 Å². The summed E-state index contributed by atoms with van der Waals surface area (Å²) in [5.74, 6) is -1.54. The third-order valence-corrected chi connectivity index (χ3v) is 7.79. The second-order valence-corrected chi connectivity index (χ2v) is 12.3. The van der Waals surface area contributed by atoms with Gasteiger partial charge in [-0.2, -0.15) is 18.3 Å². The molecule has 0 bridgehead atoms. The number of fused-ring (bicyclic) bond motifs is 1. The summed E-state index contributed by atoms with van der Waals surface area (Å²) in [6.45, 7) is 9.11. The number of carbonyl (C=O) groups excluding carboxylic acids is 3. The number of benzene rings is 3. The third-order valence-electron chi connectivity index (χ3n) is 7.79. The number of alkyl halides is 3. The highest BCUT2D eigenvalue weighted by Crippen LogP contribution is 2.42. The van der Waals surface area contributed by atoms with Gasteiger partial charge in [-0.15, -0.1) is 0 Å². The van der Waals surface area contributed by atoms with Crippen molar-refractivity contribution in [2.24, 2.45) is 0 Å². The molecule has 0 saturated heterocycles. The Hall–Kier alpha value is -5.13. The van der Waals surface area contributed by atoms with Gasteiger partial charge in [0.1, 0.15) is 17.5 Å². The maximum absolute atomic E-state index is 14.3. The third kappa shape index (κ3) is 7.16. The van der Waals surface area contributed by atoms with Crippen LogP contribution in [-0.4, -0.2) is 45.9 Å². The number of hydrogen-bond acceptors (Lipinski definition) is 5. The number of amides is 3. The van der Waals surface area contributed by atoms with Gasteiger partial charge < -0.3 is 15.4 Å². The smallest absolute Gasteiger partial charge is 0.416 e. The summed E-state index contributed by atoms with van der Waals surface area (Å²) in [6.07, 6.45) is -3.61. The number of alkyl carbamates (subject to hydrolysis) is 1. The fraction of sp³-hybridized carbons (Fsp3) is 0.314. The van der Waals surface area contributed by atoms with Gasteiger partial charge in [-0.3, -0.25) is 14.5 Å². The molecular formula is C35H36F3N5O4. The number of hydrogen-bond donors (Lipinski definition) is 2. The molecule has 5 rings (SSSR count). The molecule has 3 amide bonds. The zero-order valence-corrected chi connectivity index (χ0v) is 26.6. The first kappa shape index (κ1) is 33.2. The fourth-order valence-corrected chi connectivity index (χ4v) is 5.67. The van der Waals surface area contributed by atoms with Crippen molar-refractivity contribution >= 4 is 23.7 Å². The van der Waals surface area contributed by atoms with Crippen LogP contribution in [0.3, 0.4) is 0 Å². The number of nitrogens with zero attached hydrogens (tertiary/aromatic N) is 3. The van der Waals surface area contributed by atoms with Crippen molar-refractivity contribution in [2.45, 2.75) is 64.4 Å². The molecule has 4 aromatic rings. The molecule has 2 unspecified atom stereocenters. The van der Waals surface area contributed by atoms with Crippen molar-refractivity contribution in [1.82, 2.24) is 20.4 Å². The summed E-state index contributed by atoms with van der Waals surface area (Å²) < 4.78 is 47.5. The Kier molecular flexibility index (Phi) is 9.15. The predicted molar refractivity (Wildman–Crippen MR) is 170 cm³/mol. The van der Waals surface area contributed by atoms with E-state index in [0.29, 0.717) is 28.2 Å². The molecule has 2 heterocycles. The van der Waals surface area contributed by atoms with E-state index in [1.807, 2.05) is 42.5 Å². The van der Waals surface area contributed by atoms with Crippen molar-refractivity contribution in [2.75, 3.05) is 11.4 Å². The van der Waals surface area contributed by atoms with E-state index in [1.165, 1.54) is 11.0 Å². The van der Waals surface area contributed by atoms with Gasteiger partial charge in [0, 0.05) is 23.6 Å². The van der Waals surface area contributed by atoms with E-state index in [4.69, 9.17) is 4.74 Å². The number of ether oxygens (including phenoxy) is 1. The van der Waals surface area contributed by atoms with Gasteiger partial charge in [0.15, 0.2) is 0 Å². The Bertz CT molecular complexity index is 1780. The normalized spacial score (nSPS) is 17.1. The van der Waals surface area contributed by atoms with E-state index < -0.39 is 53.2 Å². The van der Waals surface area contributed by atoms with E-state index in [-0.39, 0.29) is 12.1 Å². The van der Waals surface area contributed by atoms with E-state index in [2.05, 4.69) is 15.7 Å². The lowest BCUT2D eigenvalue weighted by molar-refractivity contribution is -0.137. The maximum atomic E-state index is 14.3. The highest BCUT2D eigenvalue weighted by atomic mass is 19.4. The number of nitrogens with one attached hydrogen (secondary N) is 2. The minimum atomic E-state index is -4.65. The minimum absolute atomic E-state index is 0.232. The number of rotatable bonds is 7. The molecule has 0 spiro atoms. The average molecular weight is 648 g/mol. The highest BCUT2D eigenvalue weighted by Gasteiger charge is 2.44. The summed E-state index contributed by atoms with van der Waals surface area (Å²) in [7, 11) is 0. The lowest BCUT2D eigenvalue weighted by Gasteiger charge is -2.38. The number of aromatic nitrogens is 2.